The summed E-state index contributed by atoms with van der Waals surface area (Å²) in [5.74, 6) is 0.441. The molecule has 4 rings (SSSR count). The first-order chi connectivity index (χ1) is 11.7. The lowest BCUT2D eigenvalue weighted by Gasteiger charge is -2.36. The zero-order chi connectivity index (χ0) is 16.5. The van der Waals surface area contributed by atoms with Gasteiger partial charge in [-0.15, -0.1) is 11.3 Å². The first-order valence-corrected chi connectivity index (χ1v) is 9.60. The Labute approximate surface area is 146 Å². The molecular weight excluding hydrogens is 324 g/mol. The molecule has 0 aromatic carbocycles. The number of rotatable bonds is 3. The average Bonchev–Trinajstić information content (AvgIpc) is 3.18. The van der Waals surface area contributed by atoms with Gasteiger partial charge in [-0.3, -0.25) is 14.1 Å². The summed E-state index contributed by atoms with van der Waals surface area (Å²) in [6.07, 6.45) is 4.19. The van der Waals surface area contributed by atoms with Crippen LogP contribution in [-0.2, 0) is 16.1 Å². The van der Waals surface area contributed by atoms with E-state index in [1.54, 1.807) is 11.3 Å². The smallest absolute Gasteiger partial charge is 0.227 e. The molecule has 2 fully saturated rings. The van der Waals surface area contributed by atoms with Gasteiger partial charge in [0, 0.05) is 37.8 Å². The van der Waals surface area contributed by atoms with Gasteiger partial charge in [0.15, 0.2) is 4.96 Å². The molecule has 0 N–H and O–H groups in total. The summed E-state index contributed by atoms with van der Waals surface area (Å²) in [5, 5.41) is 2.08. The van der Waals surface area contributed by atoms with Gasteiger partial charge in [0.1, 0.15) is 0 Å². The number of fused-ring (bicyclic) bond motifs is 1. The van der Waals surface area contributed by atoms with E-state index < -0.39 is 0 Å². The van der Waals surface area contributed by atoms with Crippen molar-refractivity contribution in [3.05, 3.63) is 23.0 Å². The maximum Gasteiger partial charge on any atom is 0.227 e. The minimum absolute atomic E-state index is 0.128. The lowest BCUT2D eigenvalue weighted by molar-refractivity contribution is -0.141. The Balaban J connectivity index is 1.44. The molecule has 24 heavy (non-hydrogen) atoms. The summed E-state index contributed by atoms with van der Waals surface area (Å²) in [6.45, 7) is 7.70. The highest BCUT2D eigenvalue weighted by atomic mass is 32.1. The number of piperidine rings is 1. The van der Waals surface area contributed by atoms with Crippen LogP contribution in [0.4, 0.5) is 0 Å². The van der Waals surface area contributed by atoms with Crippen LogP contribution in [-0.4, -0.2) is 64.5 Å². The molecule has 1 atom stereocenters. The molecule has 2 aromatic heterocycles. The third-order valence-corrected chi connectivity index (χ3v) is 5.87. The number of amides is 1. The van der Waals surface area contributed by atoms with Crippen LogP contribution >= 0.6 is 11.3 Å². The fourth-order valence-corrected chi connectivity index (χ4v) is 4.56. The lowest BCUT2D eigenvalue weighted by atomic mass is 9.96. The molecule has 2 aliphatic rings. The molecule has 2 aromatic rings. The summed E-state index contributed by atoms with van der Waals surface area (Å²) in [4.78, 5) is 22.9. The molecule has 0 bridgehead atoms. The third kappa shape index (κ3) is 3.08. The minimum Gasteiger partial charge on any atom is -0.378 e. The lowest BCUT2D eigenvalue weighted by Crippen LogP contribution is -2.48. The van der Waals surface area contributed by atoms with Gasteiger partial charge in [-0.1, -0.05) is 0 Å². The van der Waals surface area contributed by atoms with E-state index in [-0.39, 0.29) is 5.92 Å². The summed E-state index contributed by atoms with van der Waals surface area (Å²) < 4.78 is 7.55. The number of hydrogen-bond acceptors (Lipinski definition) is 5. The second-order valence-corrected chi connectivity index (χ2v) is 7.58. The molecule has 7 heteroatoms. The maximum absolute atomic E-state index is 12.8. The van der Waals surface area contributed by atoms with E-state index in [2.05, 4.69) is 32.8 Å². The Kier molecular flexibility index (Phi) is 4.56. The number of aryl methyl sites for hydroxylation is 1. The Morgan fingerprint density at radius 1 is 1.38 bits per heavy atom. The van der Waals surface area contributed by atoms with Gasteiger partial charge in [-0.25, -0.2) is 4.98 Å². The number of aromatic nitrogens is 2. The van der Waals surface area contributed by atoms with E-state index in [1.165, 1.54) is 5.69 Å². The van der Waals surface area contributed by atoms with E-state index in [0.717, 1.165) is 56.2 Å². The Morgan fingerprint density at radius 3 is 3.04 bits per heavy atom. The monoisotopic (exact) mass is 348 g/mol. The van der Waals surface area contributed by atoms with Crippen molar-refractivity contribution in [1.29, 1.82) is 0 Å². The van der Waals surface area contributed by atoms with Gasteiger partial charge in [0.05, 0.1) is 30.5 Å². The highest BCUT2D eigenvalue weighted by Crippen LogP contribution is 2.23. The zero-order valence-electron chi connectivity index (χ0n) is 14.1. The van der Waals surface area contributed by atoms with E-state index in [1.807, 2.05) is 4.90 Å². The fourth-order valence-electron chi connectivity index (χ4n) is 3.79. The Morgan fingerprint density at radius 2 is 2.21 bits per heavy atom. The van der Waals surface area contributed by atoms with Crippen LogP contribution in [0.2, 0.25) is 0 Å². The zero-order valence-corrected chi connectivity index (χ0v) is 14.9. The summed E-state index contributed by atoms with van der Waals surface area (Å²) >= 11 is 1.67. The van der Waals surface area contributed by atoms with E-state index >= 15 is 0 Å². The molecule has 2 aliphatic heterocycles. The topological polar surface area (TPSA) is 50.1 Å². The quantitative estimate of drug-likeness (QED) is 0.848. The number of hydrogen-bond donors (Lipinski definition) is 0. The van der Waals surface area contributed by atoms with Crippen molar-refractivity contribution in [3.63, 3.8) is 0 Å². The molecule has 1 amide bonds. The average molecular weight is 348 g/mol. The summed E-state index contributed by atoms with van der Waals surface area (Å²) in [5.41, 5.74) is 2.36. The number of imidazole rings is 1. The third-order valence-electron chi connectivity index (χ3n) is 5.11. The van der Waals surface area contributed by atoms with Gasteiger partial charge >= 0.3 is 0 Å². The molecule has 0 spiro atoms. The highest BCUT2D eigenvalue weighted by molar-refractivity contribution is 7.15. The predicted molar refractivity (Wildman–Crippen MR) is 93.2 cm³/mol. The maximum atomic E-state index is 12.8. The fraction of sp³-hybridized carbons (Fsp3) is 0.647. The number of likely N-dealkylation sites (tertiary alicyclic amines) is 1. The van der Waals surface area contributed by atoms with Crippen LogP contribution in [0.3, 0.4) is 0 Å². The normalized spacial score (nSPS) is 23.0. The number of carbonyl (C=O) groups is 1. The van der Waals surface area contributed by atoms with Gasteiger partial charge in [0.25, 0.3) is 0 Å². The largest absolute Gasteiger partial charge is 0.378 e. The number of thiazole rings is 1. The van der Waals surface area contributed by atoms with Crippen molar-refractivity contribution >= 4 is 22.2 Å². The Hall–Kier alpha value is -1.44. The number of carbonyl (C=O) groups excluding carboxylic acids is 1. The van der Waals surface area contributed by atoms with Gasteiger partial charge in [0.2, 0.25) is 5.91 Å². The second kappa shape index (κ2) is 6.82. The number of nitrogens with zero attached hydrogens (tertiary/aromatic N) is 4. The predicted octanol–water partition coefficient (Wildman–Crippen LogP) is 1.78. The molecule has 0 radical (unpaired) electrons. The van der Waals surface area contributed by atoms with Crippen molar-refractivity contribution in [3.8, 4) is 0 Å². The van der Waals surface area contributed by atoms with Crippen molar-refractivity contribution in [2.75, 3.05) is 39.4 Å². The standard InChI is InChI=1S/C17H24N4O2S/c1-13-15(21-7-10-24-17(21)18-13)12-19-4-2-3-14(11-19)16(22)20-5-8-23-9-6-20/h7,10,14H,2-6,8-9,11-12H2,1H3/t14-/m0/s1. The minimum atomic E-state index is 0.128. The van der Waals surface area contributed by atoms with E-state index in [0.29, 0.717) is 19.1 Å². The van der Waals surface area contributed by atoms with Crippen LogP contribution in [0, 0.1) is 12.8 Å². The van der Waals surface area contributed by atoms with Crippen LogP contribution in [0.5, 0.6) is 0 Å². The van der Waals surface area contributed by atoms with Crippen LogP contribution < -0.4 is 0 Å². The van der Waals surface area contributed by atoms with Crippen LogP contribution in [0.1, 0.15) is 24.2 Å². The number of ether oxygens (including phenoxy) is 1. The van der Waals surface area contributed by atoms with E-state index in [4.69, 9.17) is 4.74 Å². The summed E-state index contributed by atoms with van der Waals surface area (Å²) in [7, 11) is 0. The van der Waals surface area contributed by atoms with Crippen molar-refractivity contribution in [2.24, 2.45) is 5.92 Å². The molecule has 6 nitrogen and oxygen atoms in total. The molecule has 0 unspecified atom stereocenters. The molecule has 0 aliphatic carbocycles. The summed E-state index contributed by atoms with van der Waals surface area (Å²) in [6, 6.07) is 0. The van der Waals surface area contributed by atoms with Crippen molar-refractivity contribution in [1.82, 2.24) is 19.2 Å². The Bertz CT molecular complexity index is 719. The van der Waals surface area contributed by atoms with Gasteiger partial charge in [-0.05, 0) is 26.3 Å². The molecule has 0 saturated carbocycles. The molecule has 4 heterocycles. The van der Waals surface area contributed by atoms with E-state index in [9.17, 15) is 4.79 Å². The first kappa shape index (κ1) is 16.1. The van der Waals surface area contributed by atoms with Gasteiger partial charge in [-0.2, -0.15) is 0 Å². The van der Waals surface area contributed by atoms with Crippen LogP contribution in [0.15, 0.2) is 11.6 Å². The van der Waals surface area contributed by atoms with Crippen molar-refractivity contribution < 1.29 is 9.53 Å². The first-order valence-electron chi connectivity index (χ1n) is 8.72. The highest BCUT2D eigenvalue weighted by Gasteiger charge is 2.30. The van der Waals surface area contributed by atoms with Crippen molar-refractivity contribution in [2.45, 2.75) is 26.3 Å². The SMILES string of the molecule is Cc1nc2sccn2c1CN1CCC[C@H](C(=O)N2CCOCC2)C1. The second-order valence-electron chi connectivity index (χ2n) is 6.71. The van der Waals surface area contributed by atoms with Crippen LogP contribution in [0.25, 0.3) is 4.96 Å². The molecule has 2 saturated heterocycles. The van der Waals surface area contributed by atoms with Gasteiger partial charge < -0.3 is 9.64 Å². The number of morpholine rings is 1. The molecule has 130 valence electrons. The molecular formula is C17H24N4O2S.